The third kappa shape index (κ3) is 7.01. The molecule has 1 N–H and O–H groups in total. The second-order valence-electron chi connectivity index (χ2n) is 8.67. The van der Waals surface area contributed by atoms with E-state index in [1.807, 2.05) is 13.8 Å². The van der Waals surface area contributed by atoms with Crippen molar-refractivity contribution in [1.29, 1.82) is 0 Å². The van der Waals surface area contributed by atoms with E-state index in [4.69, 9.17) is 9.47 Å². The van der Waals surface area contributed by atoms with Crippen molar-refractivity contribution in [1.82, 2.24) is 14.1 Å². The van der Waals surface area contributed by atoms with Crippen molar-refractivity contribution in [3.63, 3.8) is 0 Å². The number of ether oxygens (including phenoxy) is 2. The Bertz CT molecular complexity index is 1270. The van der Waals surface area contributed by atoms with Crippen LogP contribution in [-0.4, -0.2) is 93.2 Å². The van der Waals surface area contributed by atoms with E-state index in [1.54, 1.807) is 23.1 Å². The number of sulfonamides is 1. The summed E-state index contributed by atoms with van der Waals surface area (Å²) in [4.78, 5) is 40.0. The first kappa shape index (κ1) is 28.9. The Hall–Kier alpha value is -3.64. The van der Waals surface area contributed by atoms with Gasteiger partial charge in [-0.15, -0.1) is 0 Å². The molecule has 11 nitrogen and oxygen atoms in total. The first-order valence-corrected chi connectivity index (χ1v) is 13.8. The summed E-state index contributed by atoms with van der Waals surface area (Å²) in [6, 6.07) is 10.8. The molecule has 0 saturated carbocycles. The van der Waals surface area contributed by atoms with E-state index in [-0.39, 0.29) is 36.0 Å². The van der Waals surface area contributed by atoms with Crippen LogP contribution >= 0.6 is 0 Å². The van der Waals surface area contributed by atoms with Crippen molar-refractivity contribution < 1.29 is 32.3 Å². The van der Waals surface area contributed by atoms with Gasteiger partial charge in [0.05, 0.1) is 24.7 Å². The number of likely N-dealkylation sites (N-methyl/N-ethyl adjacent to an activating group) is 1. The summed E-state index contributed by atoms with van der Waals surface area (Å²) in [5.41, 5.74) is 0.629. The maximum absolute atomic E-state index is 13.1. The molecule has 0 spiro atoms. The third-order valence-electron chi connectivity index (χ3n) is 5.96. The zero-order valence-corrected chi connectivity index (χ0v) is 22.9. The van der Waals surface area contributed by atoms with Crippen molar-refractivity contribution in [2.24, 2.45) is 0 Å². The smallest absolute Gasteiger partial charge is 0.254 e. The molecular formula is C26H34N4O7S. The van der Waals surface area contributed by atoms with Gasteiger partial charge in [-0.25, -0.2) is 8.42 Å². The normalized spacial score (nSPS) is 14.1. The summed E-state index contributed by atoms with van der Waals surface area (Å²) >= 11 is 0. The fraction of sp³-hybridized carbons (Fsp3) is 0.423. The molecule has 1 heterocycles. The number of nitrogens with one attached hydrogen (secondary N) is 1. The molecule has 0 aromatic heterocycles. The zero-order valence-electron chi connectivity index (χ0n) is 22.1. The molecule has 0 aliphatic carbocycles. The van der Waals surface area contributed by atoms with Gasteiger partial charge < -0.3 is 24.6 Å². The number of hydrogen-bond acceptors (Lipinski definition) is 7. The Balaban J connectivity index is 1.66. The molecule has 1 aliphatic rings. The predicted molar refractivity (Wildman–Crippen MR) is 142 cm³/mol. The van der Waals surface area contributed by atoms with Gasteiger partial charge >= 0.3 is 0 Å². The van der Waals surface area contributed by atoms with Gasteiger partial charge in [0.2, 0.25) is 21.8 Å². The minimum atomic E-state index is -3.85. The van der Waals surface area contributed by atoms with Crippen LogP contribution in [0.25, 0.3) is 0 Å². The predicted octanol–water partition coefficient (Wildman–Crippen LogP) is 2.05. The molecule has 3 amide bonds. The van der Waals surface area contributed by atoms with Gasteiger partial charge in [-0.1, -0.05) is 6.07 Å². The lowest BCUT2D eigenvalue weighted by Crippen LogP contribution is -2.49. The summed E-state index contributed by atoms with van der Waals surface area (Å²) in [5, 5.41) is 2.74. The first-order chi connectivity index (χ1) is 18.1. The molecule has 3 rings (SSSR count). The number of carbonyl (C=O) groups is 3. The molecule has 0 atom stereocenters. The maximum Gasteiger partial charge on any atom is 0.254 e. The second kappa shape index (κ2) is 12.7. The molecule has 38 heavy (non-hydrogen) atoms. The summed E-state index contributed by atoms with van der Waals surface area (Å²) in [6.07, 6.45) is 0. The topological polar surface area (TPSA) is 126 Å². The van der Waals surface area contributed by atoms with Crippen LogP contribution in [0.3, 0.4) is 0 Å². The number of piperazine rings is 1. The van der Waals surface area contributed by atoms with E-state index in [0.29, 0.717) is 43.5 Å². The standard InChI is InChI=1S/C26H34N4O7S/c1-5-36-23-11-10-21(17-24(23)37-6-2)27-25(32)18-28(4)26(33)20-8-7-9-22(16-20)38(34,35)30-14-12-29(13-15-30)19(3)31/h7-11,16-17H,5-6,12-15,18H2,1-4H3,(H,27,32). The van der Waals surface area contributed by atoms with Gasteiger partial charge in [0, 0.05) is 57.5 Å². The molecule has 0 radical (unpaired) electrons. The summed E-state index contributed by atoms with van der Waals surface area (Å²) in [6.45, 7) is 6.78. The average Bonchev–Trinajstić information content (AvgIpc) is 2.90. The first-order valence-electron chi connectivity index (χ1n) is 12.4. The van der Waals surface area contributed by atoms with E-state index >= 15 is 0 Å². The van der Waals surface area contributed by atoms with Crippen LogP contribution < -0.4 is 14.8 Å². The van der Waals surface area contributed by atoms with Crippen LogP contribution in [0.4, 0.5) is 5.69 Å². The molecule has 2 aromatic rings. The van der Waals surface area contributed by atoms with Gasteiger partial charge in [-0.3, -0.25) is 14.4 Å². The number of benzene rings is 2. The Kier molecular flexibility index (Phi) is 9.70. The molecule has 0 unspecified atom stereocenters. The summed E-state index contributed by atoms with van der Waals surface area (Å²) < 4.78 is 38.7. The SMILES string of the molecule is CCOc1ccc(NC(=O)CN(C)C(=O)c2cccc(S(=O)(=O)N3CCN(C(C)=O)CC3)c2)cc1OCC. The van der Waals surface area contributed by atoms with Gasteiger partial charge in [0.1, 0.15) is 0 Å². The highest BCUT2D eigenvalue weighted by Crippen LogP contribution is 2.30. The van der Waals surface area contributed by atoms with Gasteiger partial charge in [-0.05, 0) is 44.2 Å². The van der Waals surface area contributed by atoms with Crippen LogP contribution in [0.15, 0.2) is 47.4 Å². The Morgan fingerprint density at radius 2 is 1.61 bits per heavy atom. The molecule has 206 valence electrons. The summed E-state index contributed by atoms with van der Waals surface area (Å²) in [5.74, 6) is 0.0337. The lowest BCUT2D eigenvalue weighted by Gasteiger charge is -2.33. The lowest BCUT2D eigenvalue weighted by molar-refractivity contribution is -0.130. The molecule has 0 bridgehead atoms. The maximum atomic E-state index is 13.1. The zero-order chi connectivity index (χ0) is 27.9. The molecular weight excluding hydrogens is 512 g/mol. The molecule has 2 aromatic carbocycles. The molecule has 1 fully saturated rings. The van der Waals surface area contributed by atoms with E-state index in [0.717, 1.165) is 0 Å². The van der Waals surface area contributed by atoms with Gasteiger partial charge in [0.25, 0.3) is 5.91 Å². The minimum Gasteiger partial charge on any atom is -0.490 e. The largest absolute Gasteiger partial charge is 0.490 e. The molecule has 12 heteroatoms. The average molecular weight is 547 g/mol. The third-order valence-corrected chi connectivity index (χ3v) is 7.85. The Labute approximate surface area is 223 Å². The quantitative estimate of drug-likeness (QED) is 0.483. The number of nitrogens with zero attached hydrogens (tertiary/aromatic N) is 3. The van der Waals surface area contributed by atoms with Crippen LogP contribution in [0.1, 0.15) is 31.1 Å². The number of carbonyl (C=O) groups excluding carboxylic acids is 3. The van der Waals surface area contributed by atoms with E-state index in [2.05, 4.69) is 5.32 Å². The summed E-state index contributed by atoms with van der Waals surface area (Å²) in [7, 11) is -2.38. The number of anilines is 1. The van der Waals surface area contributed by atoms with E-state index in [9.17, 15) is 22.8 Å². The van der Waals surface area contributed by atoms with E-state index in [1.165, 1.54) is 47.4 Å². The fourth-order valence-corrected chi connectivity index (χ4v) is 5.49. The lowest BCUT2D eigenvalue weighted by atomic mass is 10.2. The van der Waals surface area contributed by atoms with Crippen molar-refractivity contribution in [2.45, 2.75) is 25.7 Å². The van der Waals surface area contributed by atoms with Crippen LogP contribution in [0.5, 0.6) is 11.5 Å². The van der Waals surface area contributed by atoms with Crippen molar-refractivity contribution >= 4 is 33.4 Å². The van der Waals surface area contributed by atoms with Crippen molar-refractivity contribution in [2.75, 3.05) is 58.3 Å². The van der Waals surface area contributed by atoms with E-state index < -0.39 is 21.8 Å². The monoisotopic (exact) mass is 546 g/mol. The minimum absolute atomic E-state index is 0.0182. The molecule has 1 aliphatic heterocycles. The van der Waals surface area contributed by atoms with Gasteiger partial charge in [-0.2, -0.15) is 4.31 Å². The number of hydrogen-bond donors (Lipinski definition) is 1. The van der Waals surface area contributed by atoms with Crippen LogP contribution in [-0.2, 0) is 19.6 Å². The van der Waals surface area contributed by atoms with Crippen molar-refractivity contribution in [3.8, 4) is 11.5 Å². The Morgan fingerprint density at radius 3 is 2.24 bits per heavy atom. The van der Waals surface area contributed by atoms with Crippen molar-refractivity contribution in [3.05, 3.63) is 48.0 Å². The molecule has 1 saturated heterocycles. The highest BCUT2D eigenvalue weighted by molar-refractivity contribution is 7.89. The second-order valence-corrected chi connectivity index (χ2v) is 10.6. The number of rotatable bonds is 10. The Morgan fingerprint density at radius 1 is 0.947 bits per heavy atom. The highest BCUT2D eigenvalue weighted by Gasteiger charge is 2.30. The van der Waals surface area contributed by atoms with Gasteiger partial charge in [0.15, 0.2) is 11.5 Å². The fourth-order valence-electron chi connectivity index (χ4n) is 4.02. The number of amides is 3. The van der Waals surface area contributed by atoms with Crippen LogP contribution in [0, 0.1) is 0 Å². The highest BCUT2D eigenvalue weighted by atomic mass is 32.2. The van der Waals surface area contributed by atoms with Crippen LogP contribution in [0.2, 0.25) is 0 Å².